The molecule has 3 aromatic rings. The van der Waals surface area contributed by atoms with E-state index in [-0.39, 0.29) is 45.2 Å². The van der Waals surface area contributed by atoms with Gasteiger partial charge < -0.3 is 15.4 Å². The molecule has 1 aliphatic heterocycles. The van der Waals surface area contributed by atoms with Crippen molar-refractivity contribution in [3.63, 3.8) is 0 Å². The number of benzene rings is 3. The highest BCUT2D eigenvalue weighted by Gasteiger charge is 2.30. The maximum absolute atomic E-state index is 13.4. The lowest BCUT2D eigenvalue weighted by atomic mass is 10.0. The summed E-state index contributed by atoms with van der Waals surface area (Å²) < 4.78 is 30.6. The number of aliphatic imine (C=N–C) groups is 1. The number of nitrogens with one attached hydrogen (secondary N) is 3. The van der Waals surface area contributed by atoms with Crippen LogP contribution in [-0.2, 0) is 14.8 Å². The van der Waals surface area contributed by atoms with E-state index in [1.54, 1.807) is 24.3 Å². The predicted octanol–water partition coefficient (Wildman–Crippen LogP) is 5.16. The normalized spacial score (nSPS) is 15.0. The van der Waals surface area contributed by atoms with Crippen molar-refractivity contribution in [2.24, 2.45) is 4.99 Å². The average Bonchev–Trinajstić information content (AvgIpc) is 2.99. The van der Waals surface area contributed by atoms with E-state index in [1.165, 1.54) is 30.3 Å². The smallest absolute Gasteiger partial charge is 0.269 e. The van der Waals surface area contributed by atoms with Crippen molar-refractivity contribution in [3.05, 3.63) is 91.4 Å². The van der Waals surface area contributed by atoms with Gasteiger partial charge >= 0.3 is 0 Å². The summed E-state index contributed by atoms with van der Waals surface area (Å²) in [6.07, 6.45) is 0.0139. The Labute approximate surface area is 250 Å². The van der Waals surface area contributed by atoms with Crippen molar-refractivity contribution in [2.75, 3.05) is 24.7 Å². The Morgan fingerprint density at radius 2 is 1.73 bits per heavy atom. The summed E-state index contributed by atoms with van der Waals surface area (Å²) in [5, 5.41) is 6.39. The number of benzodiazepines with no additional fused rings is 1. The number of rotatable bonds is 9. The lowest BCUT2D eigenvalue weighted by Gasteiger charge is -2.16. The third kappa shape index (κ3) is 7.45. The van der Waals surface area contributed by atoms with E-state index in [9.17, 15) is 18.0 Å². The van der Waals surface area contributed by atoms with Crippen molar-refractivity contribution >= 4 is 79.6 Å². The van der Waals surface area contributed by atoms with E-state index in [0.29, 0.717) is 28.3 Å². The van der Waals surface area contributed by atoms with Crippen LogP contribution < -0.4 is 20.1 Å². The highest BCUT2D eigenvalue weighted by Crippen LogP contribution is 2.34. The van der Waals surface area contributed by atoms with Gasteiger partial charge in [0.05, 0.1) is 39.9 Å². The molecule has 2 amide bonds. The van der Waals surface area contributed by atoms with Crippen LogP contribution in [0.2, 0.25) is 20.1 Å². The van der Waals surface area contributed by atoms with Crippen LogP contribution in [0.15, 0.2) is 59.6 Å². The van der Waals surface area contributed by atoms with Crippen LogP contribution in [0.25, 0.3) is 0 Å². The Balaban J connectivity index is 1.64. The number of amides is 2. The molecule has 0 bridgehead atoms. The summed E-state index contributed by atoms with van der Waals surface area (Å²) in [6, 6.07) is 14.4. The van der Waals surface area contributed by atoms with E-state index in [0.717, 1.165) is 6.26 Å². The third-order valence-corrected chi connectivity index (χ3v) is 7.37. The van der Waals surface area contributed by atoms with Crippen LogP contribution in [0.3, 0.4) is 0 Å². The van der Waals surface area contributed by atoms with Gasteiger partial charge in [0, 0.05) is 27.7 Å². The van der Waals surface area contributed by atoms with E-state index in [1.807, 2.05) is 0 Å². The zero-order chi connectivity index (χ0) is 29.0. The van der Waals surface area contributed by atoms with Crippen LogP contribution in [0.4, 0.5) is 5.69 Å². The fraction of sp³-hybridized carbons (Fsp3) is 0.192. The highest BCUT2D eigenvalue weighted by atomic mass is 35.5. The molecular weight excluding hydrogens is 622 g/mol. The maximum atomic E-state index is 13.4. The Hall–Kier alpha value is -2.86. The van der Waals surface area contributed by atoms with Crippen molar-refractivity contribution in [1.82, 2.24) is 10.0 Å². The minimum absolute atomic E-state index is 0.0532. The van der Waals surface area contributed by atoms with Gasteiger partial charge in [-0.1, -0.05) is 64.6 Å². The monoisotopic (exact) mass is 642 g/mol. The lowest BCUT2D eigenvalue weighted by molar-refractivity contribution is -0.117. The minimum atomic E-state index is -3.33. The van der Waals surface area contributed by atoms with Gasteiger partial charge in [0.25, 0.3) is 11.8 Å². The van der Waals surface area contributed by atoms with Crippen LogP contribution in [0, 0.1) is 0 Å². The van der Waals surface area contributed by atoms with E-state index in [4.69, 9.17) is 51.1 Å². The minimum Gasteiger partial charge on any atom is -0.493 e. The lowest BCUT2D eigenvalue weighted by Crippen LogP contribution is -2.42. The van der Waals surface area contributed by atoms with Crippen LogP contribution >= 0.6 is 46.4 Å². The van der Waals surface area contributed by atoms with Gasteiger partial charge in [-0.25, -0.2) is 18.1 Å². The van der Waals surface area contributed by atoms with Gasteiger partial charge in [-0.15, -0.1) is 0 Å². The van der Waals surface area contributed by atoms with E-state index < -0.39 is 28.0 Å². The number of hydrogen-bond acceptors (Lipinski definition) is 6. The molecule has 3 aromatic carbocycles. The Kier molecular flexibility index (Phi) is 9.60. The average molecular weight is 644 g/mol. The summed E-state index contributed by atoms with van der Waals surface area (Å²) >= 11 is 25.2. The van der Waals surface area contributed by atoms with Gasteiger partial charge in [-0.2, -0.15) is 0 Å². The molecule has 3 N–H and O–H groups in total. The van der Waals surface area contributed by atoms with Crippen molar-refractivity contribution in [2.45, 2.75) is 12.6 Å². The Morgan fingerprint density at radius 1 is 1.02 bits per heavy atom. The van der Waals surface area contributed by atoms with E-state index >= 15 is 0 Å². The molecule has 9 nitrogen and oxygen atoms in total. The number of carbonyl (C=O) groups is 2. The molecule has 0 saturated carbocycles. The standard InChI is InChI=1S/C26H22Cl4N4O5S/c1-40(37,38)31-9-4-10-39-21-8-7-14(27)11-17(21)25(35)34-24-26(36)32-20-6-3-2-5-16(20)23(33-24)22-18(29)12-15(28)13-19(22)30/h2-3,5-8,11-13,24,31H,4,9-10H2,1H3,(H,32,36)(H,34,35). The first-order valence-corrected chi connectivity index (χ1v) is 15.1. The molecule has 1 unspecified atom stereocenters. The van der Waals surface area contributed by atoms with Crippen LogP contribution in [0.5, 0.6) is 5.75 Å². The fourth-order valence-corrected chi connectivity index (χ4v) is 5.52. The molecular formula is C26H22Cl4N4O5S. The van der Waals surface area contributed by atoms with Crippen molar-refractivity contribution < 1.29 is 22.7 Å². The van der Waals surface area contributed by atoms with Crippen molar-refractivity contribution in [3.8, 4) is 5.75 Å². The molecule has 1 atom stereocenters. The van der Waals surface area contributed by atoms with Crippen LogP contribution in [-0.4, -0.2) is 51.5 Å². The molecule has 14 heteroatoms. The summed E-state index contributed by atoms with van der Waals surface area (Å²) in [5.41, 5.74) is 1.64. The number of sulfonamides is 1. The molecule has 40 heavy (non-hydrogen) atoms. The number of fused-ring (bicyclic) bond motifs is 1. The van der Waals surface area contributed by atoms with Gasteiger partial charge in [0.15, 0.2) is 0 Å². The first-order chi connectivity index (χ1) is 18.9. The molecule has 0 saturated heterocycles. The molecule has 0 radical (unpaired) electrons. The second-order valence-corrected chi connectivity index (χ2v) is 12.2. The molecule has 210 valence electrons. The summed E-state index contributed by atoms with van der Waals surface area (Å²) in [4.78, 5) is 31.2. The number of nitrogens with zero attached hydrogens (tertiary/aromatic N) is 1. The Bertz CT molecular complexity index is 1590. The Morgan fingerprint density at radius 3 is 2.42 bits per heavy atom. The number of para-hydroxylation sites is 1. The first-order valence-electron chi connectivity index (χ1n) is 11.7. The number of ether oxygens (including phenoxy) is 1. The van der Waals surface area contributed by atoms with Crippen LogP contribution in [0.1, 0.15) is 27.9 Å². The second-order valence-electron chi connectivity index (χ2n) is 8.64. The zero-order valence-electron chi connectivity index (χ0n) is 20.8. The van der Waals surface area contributed by atoms with Gasteiger partial charge in [0.1, 0.15) is 5.75 Å². The van der Waals surface area contributed by atoms with Crippen molar-refractivity contribution in [1.29, 1.82) is 0 Å². The molecule has 0 spiro atoms. The maximum Gasteiger partial charge on any atom is 0.269 e. The molecule has 4 rings (SSSR count). The number of carbonyl (C=O) groups excluding carboxylic acids is 2. The number of anilines is 1. The van der Waals surface area contributed by atoms with Gasteiger partial charge in [-0.05, 0) is 42.8 Å². The highest BCUT2D eigenvalue weighted by molar-refractivity contribution is 7.88. The fourth-order valence-electron chi connectivity index (χ4n) is 3.84. The summed E-state index contributed by atoms with van der Waals surface area (Å²) in [7, 11) is -3.33. The van der Waals surface area contributed by atoms with Gasteiger partial charge in [0.2, 0.25) is 16.2 Å². The first kappa shape index (κ1) is 30.1. The molecule has 1 heterocycles. The summed E-state index contributed by atoms with van der Waals surface area (Å²) in [6.45, 7) is 0.267. The SMILES string of the molecule is CS(=O)(=O)NCCCOc1ccc(Cl)cc1C(=O)NC1N=C(c2c(Cl)cc(Cl)cc2Cl)c2ccccc2NC1=O. The zero-order valence-corrected chi connectivity index (χ0v) is 24.6. The molecule has 0 fully saturated rings. The topological polar surface area (TPSA) is 126 Å². The largest absolute Gasteiger partial charge is 0.493 e. The predicted molar refractivity (Wildman–Crippen MR) is 158 cm³/mol. The second kappa shape index (κ2) is 12.8. The van der Waals surface area contributed by atoms with E-state index in [2.05, 4.69) is 20.3 Å². The van der Waals surface area contributed by atoms with Gasteiger partial charge in [-0.3, -0.25) is 9.59 Å². The molecule has 1 aliphatic rings. The third-order valence-electron chi connectivity index (χ3n) is 5.59. The summed E-state index contributed by atoms with van der Waals surface area (Å²) in [5.74, 6) is -1.10. The number of hydrogen-bond donors (Lipinski definition) is 3. The molecule has 0 aromatic heterocycles. The quantitative estimate of drug-likeness (QED) is 0.278. The molecule has 0 aliphatic carbocycles. The number of halogens is 4.